The molecule has 0 bridgehead atoms. The van der Waals surface area contributed by atoms with Gasteiger partial charge in [-0.2, -0.15) is 0 Å². The monoisotopic (exact) mass is 481 g/mol. The smallest absolute Gasteiger partial charge is 0.254 e. The van der Waals surface area contributed by atoms with Crippen LogP contribution in [0.25, 0.3) is 22.0 Å². The molecular weight excluding hydrogens is 450 g/mol. The fourth-order valence-corrected chi connectivity index (χ4v) is 5.60. The number of amides is 1. The van der Waals surface area contributed by atoms with Gasteiger partial charge in [0.15, 0.2) is 0 Å². The highest BCUT2D eigenvalue weighted by atomic mass is 32.2. The first-order valence-electron chi connectivity index (χ1n) is 11.3. The minimum absolute atomic E-state index is 0.114. The number of hydrogen-bond acceptors (Lipinski definition) is 4. The van der Waals surface area contributed by atoms with E-state index < -0.39 is 21.5 Å². The number of H-pyrrole nitrogens is 1. The number of aromatic nitrogens is 1. The van der Waals surface area contributed by atoms with Crippen molar-refractivity contribution in [2.24, 2.45) is 11.7 Å². The number of rotatable bonds is 7. The van der Waals surface area contributed by atoms with Crippen LogP contribution in [0.3, 0.4) is 0 Å². The highest BCUT2D eigenvalue weighted by Crippen LogP contribution is 2.42. The molecule has 0 aliphatic heterocycles. The van der Waals surface area contributed by atoms with Crippen LogP contribution in [0.1, 0.15) is 42.7 Å². The Morgan fingerprint density at radius 3 is 2.68 bits per heavy atom. The average molecular weight is 482 g/mol. The van der Waals surface area contributed by atoms with Gasteiger partial charge in [-0.3, -0.25) is 9.52 Å². The van der Waals surface area contributed by atoms with Crippen LogP contribution in [0.4, 0.5) is 5.69 Å². The largest absolute Gasteiger partial charge is 0.390 e. The van der Waals surface area contributed by atoms with E-state index >= 15 is 0 Å². The van der Waals surface area contributed by atoms with E-state index in [4.69, 9.17) is 5.73 Å². The second-order valence-electron chi connectivity index (χ2n) is 9.63. The van der Waals surface area contributed by atoms with E-state index in [1.807, 2.05) is 45.0 Å². The Balaban J connectivity index is 1.93. The van der Waals surface area contributed by atoms with Crippen LogP contribution >= 0.6 is 0 Å². The third-order valence-electron chi connectivity index (χ3n) is 6.89. The van der Waals surface area contributed by atoms with E-state index in [9.17, 15) is 18.3 Å². The first kappa shape index (κ1) is 24.0. The third-order valence-corrected chi connectivity index (χ3v) is 7.83. The number of carbonyl (C=O) groups is 1. The van der Waals surface area contributed by atoms with Crippen molar-refractivity contribution < 1.29 is 18.3 Å². The zero-order valence-electron chi connectivity index (χ0n) is 19.7. The zero-order valence-corrected chi connectivity index (χ0v) is 20.6. The van der Waals surface area contributed by atoms with Gasteiger partial charge < -0.3 is 15.8 Å². The van der Waals surface area contributed by atoms with Gasteiger partial charge in [-0.15, -0.1) is 0 Å². The maximum Gasteiger partial charge on any atom is 0.254 e. The molecule has 1 unspecified atom stereocenters. The lowest BCUT2D eigenvalue weighted by Crippen LogP contribution is -2.34. The Morgan fingerprint density at radius 1 is 1.29 bits per heavy atom. The highest BCUT2D eigenvalue weighted by Gasteiger charge is 2.33. The van der Waals surface area contributed by atoms with Crippen LogP contribution in [0.5, 0.6) is 0 Å². The van der Waals surface area contributed by atoms with E-state index in [1.165, 1.54) is 5.56 Å². The molecule has 0 spiro atoms. The molecular formula is C26H31N3O4S. The van der Waals surface area contributed by atoms with Crippen molar-refractivity contribution in [1.29, 1.82) is 0 Å². The summed E-state index contributed by atoms with van der Waals surface area (Å²) in [7, 11) is -3.65. The van der Waals surface area contributed by atoms with E-state index in [2.05, 4.69) is 16.3 Å². The quantitative estimate of drug-likeness (QED) is 0.408. The number of primary amides is 1. The Kier molecular flexibility index (Phi) is 6.08. The van der Waals surface area contributed by atoms with Crippen LogP contribution in [0.2, 0.25) is 0 Å². The van der Waals surface area contributed by atoms with Crippen LogP contribution in [0.15, 0.2) is 42.3 Å². The molecule has 180 valence electrons. The van der Waals surface area contributed by atoms with Gasteiger partial charge in [0.05, 0.1) is 23.2 Å². The van der Waals surface area contributed by atoms with Gasteiger partial charge >= 0.3 is 0 Å². The molecule has 3 aromatic rings. The normalized spacial score (nSPS) is 16.3. The lowest BCUT2D eigenvalue weighted by molar-refractivity contribution is -0.117. The molecule has 1 aliphatic carbocycles. The van der Waals surface area contributed by atoms with Gasteiger partial charge in [0, 0.05) is 16.5 Å². The Bertz CT molecular complexity index is 1400. The lowest BCUT2D eigenvalue weighted by Gasteiger charge is -2.32. The van der Waals surface area contributed by atoms with Gasteiger partial charge in [0.2, 0.25) is 5.91 Å². The summed E-state index contributed by atoms with van der Waals surface area (Å²) in [6.45, 7) is 8.93. The predicted octanol–water partition coefficient (Wildman–Crippen LogP) is 3.93. The molecule has 0 fully saturated rings. The zero-order chi connectivity index (χ0) is 24.8. The molecule has 34 heavy (non-hydrogen) atoms. The van der Waals surface area contributed by atoms with E-state index in [0.29, 0.717) is 12.1 Å². The number of hydrogen-bond donors (Lipinski definition) is 4. The molecule has 8 heteroatoms. The fourth-order valence-electron chi connectivity index (χ4n) is 4.99. The van der Waals surface area contributed by atoms with Crippen LogP contribution in [-0.2, 0) is 34.1 Å². The van der Waals surface area contributed by atoms with E-state index in [-0.39, 0.29) is 12.3 Å². The molecule has 4 rings (SSSR count). The van der Waals surface area contributed by atoms with Crippen molar-refractivity contribution in [1.82, 2.24) is 4.98 Å². The molecule has 2 aromatic carbocycles. The summed E-state index contributed by atoms with van der Waals surface area (Å²) in [5, 5.41) is 12.5. The van der Waals surface area contributed by atoms with Crippen molar-refractivity contribution in [2.45, 2.75) is 52.1 Å². The van der Waals surface area contributed by atoms with Gasteiger partial charge in [0.1, 0.15) is 0 Å². The summed E-state index contributed by atoms with van der Waals surface area (Å²) in [4.78, 5) is 15.3. The number of aromatic amines is 1. The molecule has 1 amide bonds. The maximum absolute atomic E-state index is 12.1. The molecule has 5 N–H and O–H groups in total. The lowest BCUT2D eigenvalue weighted by atomic mass is 9.77. The molecule has 0 saturated heterocycles. The molecule has 0 radical (unpaired) electrons. The number of aliphatic hydroxyl groups is 1. The standard InChI is InChI=1S/C26H31N3O4S/c1-5-34(32,33)29-21-8-6-7-18(15(21)2)19-11-9-16(13-23(27)30)25-24(19)20-12-10-17(26(3,4)31)14-22(20)28-25/h5-9,11,17,28-29,31H,1,10,12-14H2,2-4H3,(H2,27,30). The minimum Gasteiger partial charge on any atom is -0.390 e. The minimum atomic E-state index is -3.65. The number of sulfonamides is 1. The number of carbonyl (C=O) groups excluding carboxylic acids is 1. The summed E-state index contributed by atoms with van der Waals surface area (Å²) in [6, 6.07) is 9.38. The second kappa shape index (κ2) is 8.60. The summed E-state index contributed by atoms with van der Waals surface area (Å²) in [5.74, 6) is -0.289. The highest BCUT2D eigenvalue weighted by molar-refractivity contribution is 7.95. The average Bonchev–Trinajstić information content (AvgIpc) is 3.14. The van der Waals surface area contributed by atoms with Crippen LogP contribution in [0, 0.1) is 12.8 Å². The molecule has 1 atom stereocenters. The van der Waals surface area contributed by atoms with Gasteiger partial charge in [-0.1, -0.05) is 30.8 Å². The van der Waals surface area contributed by atoms with Crippen molar-refractivity contribution in [3.05, 3.63) is 64.7 Å². The van der Waals surface area contributed by atoms with Crippen LogP contribution in [-0.4, -0.2) is 30.0 Å². The fraction of sp³-hybridized carbons (Fsp3) is 0.346. The second-order valence-corrected chi connectivity index (χ2v) is 11.3. The number of nitrogens with two attached hydrogens (primary N) is 1. The first-order chi connectivity index (χ1) is 15.9. The summed E-state index contributed by atoms with van der Waals surface area (Å²) >= 11 is 0. The number of aryl methyl sites for hydroxylation is 1. The Hall–Kier alpha value is -3.10. The summed E-state index contributed by atoms with van der Waals surface area (Å²) in [5.41, 5.74) is 11.8. The summed E-state index contributed by atoms with van der Waals surface area (Å²) in [6.07, 6.45) is 2.46. The van der Waals surface area contributed by atoms with Gasteiger partial charge in [0.25, 0.3) is 10.0 Å². The number of anilines is 1. The molecule has 1 aromatic heterocycles. The number of nitrogens with one attached hydrogen (secondary N) is 2. The third kappa shape index (κ3) is 4.48. The van der Waals surface area contributed by atoms with Crippen molar-refractivity contribution in [3.8, 4) is 11.1 Å². The molecule has 1 heterocycles. The van der Waals surface area contributed by atoms with Crippen molar-refractivity contribution in [2.75, 3.05) is 4.72 Å². The SMILES string of the molecule is C=CS(=O)(=O)Nc1cccc(-c2ccc(CC(N)=O)c3[nH]c4c(c23)CCC(C(C)(C)O)C4)c1C. The predicted molar refractivity (Wildman–Crippen MR) is 136 cm³/mol. The van der Waals surface area contributed by atoms with Crippen LogP contribution < -0.4 is 10.5 Å². The Labute approximate surface area is 200 Å². The number of benzene rings is 2. The molecule has 7 nitrogen and oxygen atoms in total. The van der Waals surface area contributed by atoms with Gasteiger partial charge in [-0.05, 0) is 79.8 Å². The van der Waals surface area contributed by atoms with Crippen molar-refractivity contribution in [3.63, 3.8) is 0 Å². The van der Waals surface area contributed by atoms with Crippen molar-refractivity contribution >= 4 is 32.5 Å². The van der Waals surface area contributed by atoms with Gasteiger partial charge in [-0.25, -0.2) is 8.42 Å². The first-order valence-corrected chi connectivity index (χ1v) is 12.9. The van der Waals surface area contributed by atoms with E-state index in [1.54, 1.807) is 6.07 Å². The van der Waals surface area contributed by atoms with E-state index in [0.717, 1.165) is 57.1 Å². The summed E-state index contributed by atoms with van der Waals surface area (Å²) < 4.78 is 26.8. The maximum atomic E-state index is 12.1. The topological polar surface area (TPSA) is 125 Å². The number of fused-ring (bicyclic) bond motifs is 3. The molecule has 1 aliphatic rings. The molecule has 0 saturated carbocycles. The Morgan fingerprint density at radius 2 is 2.03 bits per heavy atom.